The lowest BCUT2D eigenvalue weighted by Crippen LogP contribution is -2.34. The van der Waals surface area contributed by atoms with Gasteiger partial charge < -0.3 is 5.32 Å². The minimum absolute atomic E-state index is 0.246. The van der Waals surface area contributed by atoms with E-state index in [1.807, 2.05) is 93.6 Å². The van der Waals surface area contributed by atoms with Gasteiger partial charge in [-0.25, -0.2) is 0 Å². The average molecular weight is 443 g/mol. The van der Waals surface area contributed by atoms with Crippen LogP contribution in [0.5, 0.6) is 0 Å². The van der Waals surface area contributed by atoms with Crippen molar-refractivity contribution in [1.29, 1.82) is 0 Å². The van der Waals surface area contributed by atoms with Crippen LogP contribution in [0, 0.1) is 20.8 Å². The van der Waals surface area contributed by atoms with Gasteiger partial charge in [0, 0.05) is 17.1 Å². The molecule has 4 rings (SSSR count). The molecular weight excluding hydrogens is 416 g/mol. The Morgan fingerprint density at radius 2 is 1.53 bits per heavy atom. The third kappa shape index (κ3) is 4.63. The Kier molecular flexibility index (Phi) is 6.47. The van der Waals surface area contributed by atoms with E-state index in [9.17, 15) is 9.59 Å². The molecule has 2 amide bonds. The number of hydrogen-bond acceptors (Lipinski definition) is 4. The van der Waals surface area contributed by atoms with E-state index in [0.717, 1.165) is 32.8 Å². The fraction of sp³-hybridized carbons (Fsp3) is 0.185. The number of amides is 2. The molecule has 5 heteroatoms. The number of nitrogens with zero attached hydrogens (tertiary/aromatic N) is 1. The van der Waals surface area contributed by atoms with Crippen LogP contribution in [0.2, 0.25) is 0 Å². The number of carbonyl (C=O) groups excluding carboxylic acids is 2. The van der Waals surface area contributed by atoms with E-state index in [2.05, 4.69) is 5.32 Å². The van der Waals surface area contributed by atoms with Crippen molar-refractivity contribution >= 4 is 29.3 Å². The normalized spacial score (nSPS) is 13.8. The summed E-state index contributed by atoms with van der Waals surface area (Å²) < 4.78 is 0. The summed E-state index contributed by atoms with van der Waals surface area (Å²) in [6.07, 6.45) is 0.623. The van der Waals surface area contributed by atoms with Crippen molar-refractivity contribution in [3.05, 3.63) is 106 Å². The third-order valence-electron chi connectivity index (χ3n) is 5.70. The van der Waals surface area contributed by atoms with Gasteiger partial charge in [-0.15, -0.1) is 0 Å². The Bertz CT molecular complexity index is 1180. The maximum Gasteiger partial charge on any atom is 0.278 e. The van der Waals surface area contributed by atoms with Gasteiger partial charge in [0.1, 0.15) is 10.6 Å². The first-order valence-electron chi connectivity index (χ1n) is 10.7. The standard InChI is InChI=1S/C27H26N2O2S/c1-18-12-14-22(15-13-18)32-25-24(28-23-11-7-8-19(2)20(23)3)26(30)29(27(25)31)17-16-21-9-5-4-6-10-21/h4-15,28H,16-17H2,1-3H3. The summed E-state index contributed by atoms with van der Waals surface area (Å²) in [7, 11) is 0. The number of aryl methyl sites for hydroxylation is 2. The molecule has 0 unspecified atom stereocenters. The fourth-order valence-corrected chi connectivity index (χ4v) is 4.54. The van der Waals surface area contributed by atoms with Crippen molar-refractivity contribution in [2.24, 2.45) is 0 Å². The molecule has 0 saturated heterocycles. The number of imide groups is 1. The zero-order valence-electron chi connectivity index (χ0n) is 18.5. The number of benzene rings is 3. The van der Waals surface area contributed by atoms with Crippen LogP contribution in [0.15, 0.2) is 88.3 Å². The lowest BCUT2D eigenvalue weighted by molar-refractivity contribution is -0.137. The van der Waals surface area contributed by atoms with Crippen molar-refractivity contribution in [2.75, 3.05) is 11.9 Å². The summed E-state index contributed by atoms with van der Waals surface area (Å²) >= 11 is 1.34. The van der Waals surface area contributed by atoms with Crippen molar-refractivity contribution in [2.45, 2.75) is 32.1 Å². The predicted molar refractivity (Wildman–Crippen MR) is 130 cm³/mol. The van der Waals surface area contributed by atoms with E-state index < -0.39 is 0 Å². The molecule has 1 aliphatic heterocycles. The van der Waals surface area contributed by atoms with Crippen LogP contribution in [0.4, 0.5) is 5.69 Å². The van der Waals surface area contributed by atoms with E-state index in [4.69, 9.17) is 0 Å². The Morgan fingerprint density at radius 1 is 0.812 bits per heavy atom. The van der Waals surface area contributed by atoms with Gasteiger partial charge in [0.25, 0.3) is 11.8 Å². The largest absolute Gasteiger partial charge is 0.350 e. The Morgan fingerprint density at radius 3 is 2.25 bits per heavy atom. The molecule has 0 spiro atoms. The molecule has 0 radical (unpaired) electrons. The lowest BCUT2D eigenvalue weighted by Gasteiger charge is -2.16. The summed E-state index contributed by atoms with van der Waals surface area (Å²) in [5.74, 6) is -0.522. The van der Waals surface area contributed by atoms with Crippen LogP contribution in [0.25, 0.3) is 0 Å². The maximum absolute atomic E-state index is 13.4. The number of thioether (sulfide) groups is 1. The fourth-order valence-electron chi connectivity index (χ4n) is 3.59. The monoisotopic (exact) mass is 442 g/mol. The smallest absolute Gasteiger partial charge is 0.278 e. The summed E-state index contributed by atoms with van der Waals surface area (Å²) in [6.45, 7) is 6.42. The zero-order valence-corrected chi connectivity index (χ0v) is 19.3. The number of nitrogens with one attached hydrogen (secondary N) is 1. The van der Waals surface area contributed by atoms with Crippen LogP contribution >= 0.6 is 11.8 Å². The molecule has 0 saturated carbocycles. The van der Waals surface area contributed by atoms with Crippen molar-refractivity contribution in [3.63, 3.8) is 0 Å². The second-order valence-electron chi connectivity index (χ2n) is 7.99. The van der Waals surface area contributed by atoms with Crippen LogP contribution in [0.3, 0.4) is 0 Å². The van der Waals surface area contributed by atoms with E-state index in [-0.39, 0.29) is 11.8 Å². The van der Waals surface area contributed by atoms with Gasteiger partial charge in [-0.3, -0.25) is 14.5 Å². The highest BCUT2D eigenvalue weighted by molar-refractivity contribution is 8.04. The van der Waals surface area contributed by atoms with Crippen molar-refractivity contribution in [1.82, 2.24) is 4.90 Å². The van der Waals surface area contributed by atoms with Crippen molar-refractivity contribution in [3.8, 4) is 0 Å². The topological polar surface area (TPSA) is 49.4 Å². The molecule has 1 aliphatic rings. The van der Waals surface area contributed by atoms with Crippen LogP contribution in [-0.4, -0.2) is 23.3 Å². The molecule has 0 fully saturated rings. The van der Waals surface area contributed by atoms with Gasteiger partial charge in [0.2, 0.25) is 0 Å². The highest BCUT2D eigenvalue weighted by atomic mass is 32.2. The van der Waals surface area contributed by atoms with E-state index in [1.165, 1.54) is 16.7 Å². The molecule has 0 atom stereocenters. The highest BCUT2D eigenvalue weighted by Crippen LogP contribution is 2.36. The molecule has 0 aromatic heterocycles. The number of hydrogen-bond donors (Lipinski definition) is 1. The van der Waals surface area contributed by atoms with Crippen LogP contribution in [0.1, 0.15) is 22.3 Å². The molecule has 32 heavy (non-hydrogen) atoms. The SMILES string of the molecule is Cc1ccc(SC2=C(Nc3cccc(C)c3C)C(=O)N(CCc3ccccc3)C2=O)cc1. The minimum atomic E-state index is -0.276. The average Bonchev–Trinajstić information content (AvgIpc) is 3.01. The highest BCUT2D eigenvalue weighted by Gasteiger charge is 2.39. The first-order chi connectivity index (χ1) is 15.4. The Hall–Kier alpha value is -3.31. The maximum atomic E-state index is 13.4. The van der Waals surface area contributed by atoms with Gasteiger partial charge in [-0.2, -0.15) is 0 Å². The molecule has 1 N–H and O–H groups in total. The van der Waals surface area contributed by atoms with Gasteiger partial charge >= 0.3 is 0 Å². The summed E-state index contributed by atoms with van der Waals surface area (Å²) in [5.41, 5.74) is 5.62. The lowest BCUT2D eigenvalue weighted by atomic mass is 10.1. The Labute approximate surface area is 193 Å². The first-order valence-corrected chi connectivity index (χ1v) is 11.5. The summed E-state index contributed by atoms with van der Waals surface area (Å²) in [5, 5.41) is 3.29. The van der Waals surface area contributed by atoms with E-state index >= 15 is 0 Å². The molecule has 3 aromatic carbocycles. The number of carbonyl (C=O) groups is 2. The number of anilines is 1. The summed E-state index contributed by atoms with van der Waals surface area (Å²) in [4.78, 5) is 29.4. The van der Waals surface area contributed by atoms with Crippen LogP contribution in [-0.2, 0) is 16.0 Å². The molecule has 0 bridgehead atoms. The quantitative estimate of drug-likeness (QED) is 0.481. The predicted octanol–water partition coefficient (Wildman–Crippen LogP) is 5.64. The number of rotatable bonds is 7. The van der Waals surface area contributed by atoms with Gasteiger partial charge in [-0.05, 0) is 62.1 Å². The zero-order chi connectivity index (χ0) is 22.7. The molecular formula is C27H26N2O2S. The molecule has 4 nitrogen and oxygen atoms in total. The van der Waals surface area contributed by atoms with E-state index in [1.54, 1.807) is 0 Å². The van der Waals surface area contributed by atoms with Crippen molar-refractivity contribution < 1.29 is 9.59 Å². The molecule has 3 aromatic rings. The Balaban J connectivity index is 1.64. The first kappa shape index (κ1) is 21.9. The van der Waals surface area contributed by atoms with Crippen LogP contribution < -0.4 is 5.32 Å². The second-order valence-corrected chi connectivity index (χ2v) is 9.07. The third-order valence-corrected chi connectivity index (χ3v) is 6.79. The molecule has 162 valence electrons. The van der Waals surface area contributed by atoms with E-state index in [0.29, 0.717) is 23.6 Å². The summed E-state index contributed by atoms with van der Waals surface area (Å²) in [6, 6.07) is 23.8. The minimum Gasteiger partial charge on any atom is -0.350 e. The van der Waals surface area contributed by atoms with Gasteiger partial charge in [0.15, 0.2) is 0 Å². The van der Waals surface area contributed by atoms with Gasteiger partial charge in [0.05, 0.1) is 0 Å². The second kappa shape index (κ2) is 9.45. The van der Waals surface area contributed by atoms with Gasteiger partial charge in [-0.1, -0.05) is 71.9 Å². The molecule has 0 aliphatic carbocycles. The molecule has 1 heterocycles.